The zero-order valence-electron chi connectivity index (χ0n) is 15.9. The molecule has 2 aromatic carbocycles. The van der Waals surface area contributed by atoms with Gasteiger partial charge in [-0.25, -0.2) is 4.79 Å². The van der Waals surface area contributed by atoms with E-state index in [1.54, 1.807) is 4.90 Å². The molecule has 3 amide bonds. The predicted octanol–water partition coefficient (Wildman–Crippen LogP) is 3.42. The van der Waals surface area contributed by atoms with Crippen LogP contribution in [0.2, 0.25) is 0 Å². The zero-order valence-corrected chi connectivity index (χ0v) is 15.9. The van der Waals surface area contributed by atoms with Crippen LogP contribution in [0.4, 0.5) is 10.5 Å². The van der Waals surface area contributed by atoms with Crippen molar-refractivity contribution in [3.63, 3.8) is 0 Å². The highest BCUT2D eigenvalue weighted by atomic mass is 16.2. The lowest BCUT2D eigenvalue weighted by molar-refractivity contribution is -0.117. The average molecular weight is 365 g/mol. The molecule has 5 heteroatoms. The van der Waals surface area contributed by atoms with Crippen molar-refractivity contribution in [2.45, 2.75) is 45.2 Å². The first kappa shape index (κ1) is 19.0. The van der Waals surface area contributed by atoms with E-state index >= 15 is 0 Å². The van der Waals surface area contributed by atoms with Crippen molar-refractivity contribution < 1.29 is 9.59 Å². The number of carbonyl (C=O) groups is 2. The summed E-state index contributed by atoms with van der Waals surface area (Å²) in [6.45, 7) is 4.53. The third kappa shape index (κ3) is 5.33. The lowest BCUT2D eigenvalue weighted by Gasteiger charge is -2.19. The van der Waals surface area contributed by atoms with Gasteiger partial charge in [0.15, 0.2) is 0 Å². The largest absolute Gasteiger partial charge is 0.336 e. The lowest BCUT2D eigenvalue weighted by atomic mass is 10.1. The minimum absolute atomic E-state index is 0.0429. The van der Waals surface area contributed by atoms with Crippen molar-refractivity contribution in [1.82, 2.24) is 10.6 Å². The highest BCUT2D eigenvalue weighted by molar-refractivity contribution is 5.96. The molecule has 5 nitrogen and oxygen atoms in total. The molecule has 1 saturated heterocycles. The third-order valence-electron chi connectivity index (χ3n) is 4.89. The Balaban J connectivity index is 1.45. The van der Waals surface area contributed by atoms with Gasteiger partial charge in [-0.3, -0.25) is 4.79 Å². The molecule has 0 aliphatic carbocycles. The Kier molecular flexibility index (Phi) is 6.12. The summed E-state index contributed by atoms with van der Waals surface area (Å²) in [6, 6.07) is 17.8. The second kappa shape index (κ2) is 8.71. The first-order valence-electron chi connectivity index (χ1n) is 9.49. The molecule has 0 saturated carbocycles. The lowest BCUT2D eigenvalue weighted by Crippen LogP contribution is -2.46. The van der Waals surface area contributed by atoms with Crippen LogP contribution in [0.5, 0.6) is 0 Å². The fourth-order valence-corrected chi connectivity index (χ4v) is 3.33. The van der Waals surface area contributed by atoms with Gasteiger partial charge >= 0.3 is 6.03 Å². The number of anilines is 1. The molecule has 2 atom stereocenters. The normalized spacial score (nSPS) is 17.6. The second-order valence-electron chi connectivity index (χ2n) is 7.28. The minimum atomic E-state index is -0.209. The van der Waals surface area contributed by atoms with E-state index in [0.717, 1.165) is 24.1 Å². The highest BCUT2D eigenvalue weighted by Gasteiger charge is 2.31. The number of hydrogen-bond acceptors (Lipinski definition) is 2. The van der Waals surface area contributed by atoms with E-state index < -0.39 is 0 Å². The van der Waals surface area contributed by atoms with Gasteiger partial charge in [-0.2, -0.15) is 0 Å². The van der Waals surface area contributed by atoms with Gasteiger partial charge in [0.25, 0.3) is 0 Å². The Bertz CT molecular complexity index is 774. The molecule has 1 aliphatic heterocycles. The number of amides is 3. The number of rotatable bonds is 6. The van der Waals surface area contributed by atoms with Crippen LogP contribution in [-0.4, -0.2) is 30.6 Å². The monoisotopic (exact) mass is 365 g/mol. The Hall–Kier alpha value is -2.82. The molecule has 0 unspecified atom stereocenters. The highest BCUT2D eigenvalue weighted by Crippen LogP contribution is 2.21. The summed E-state index contributed by atoms with van der Waals surface area (Å²) in [7, 11) is 0. The second-order valence-corrected chi connectivity index (χ2v) is 7.28. The fraction of sp³-hybridized carbons (Fsp3) is 0.364. The van der Waals surface area contributed by atoms with Crippen LogP contribution in [0.1, 0.15) is 30.9 Å². The number of hydrogen-bond donors (Lipinski definition) is 2. The minimum Gasteiger partial charge on any atom is -0.336 e. The van der Waals surface area contributed by atoms with Gasteiger partial charge in [0.2, 0.25) is 5.91 Å². The number of nitrogens with one attached hydrogen (secondary N) is 2. The quantitative estimate of drug-likeness (QED) is 0.824. The summed E-state index contributed by atoms with van der Waals surface area (Å²) in [5, 5.41) is 5.91. The fourth-order valence-electron chi connectivity index (χ4n) is 3.33. The molecule has 142 valence electrons. The van der Waals surface area contributed by atoms with E-state index in [1.165, 1.54) is 5.56 Å². The molecule has 3 rings (SSSR count). The molecule has 1 heterocycles. The summed E-state index contributed by atoms with van der Waals surface area (Å²) in [6.07, 6.45) is 2.13. The van der Waals surface area contributed by atoms with E-state index in [2.05, 4.69) is 22.8 Å². The summed E-state index contributed by atoms with van der Waals surface area (Å²) in [5.41, 5.74) is 3.30. The smallest absolute Gasteiger partial charge is 0.315 e. The van der Waals surface area contributed by atoms with Gasteiger partial charge in [-0.1, -0.05) is 48.0 Å². The summed E-state index contributed by atoms with van der Waals surface area (Å²) < 4.78 is 0. The molecule has 27 heavy (non-hydrogen) atoms. The molecule has 1 aliphatic rings. The first-order valence-corrected chi connectivity index (χ1v) is 9.49. The molecule has 0 spiro atoms. The van der Waals surface area contributed by atoms with E-state index in [-0.39, 0.29) is 24.0 Å². The topological polar surface area (TPSA) is 61.4 Å². The number of urea groups is 1. The van der Waals surface area contributed by atoms with Crippen LogP contribution in [0, 0.1) is 6.92 Å². The molecule has 0 bridgehead atoms. The number of benzene rings is 2. The van der Waals surface area contributed by atoms with Crippen LogP contribution in [0.25, 0.3) is 0 Å². The molecule has 0 aromatic heterocycles. The van der Waals surface area contributed by atoms with Crippen LogP contribution >= 0.6 is 0 Å². The number of nitrogens with zero attached hydrogens (tertiary/aromatic N) is 1. The number of aryl methyl sites for hydroxylation is 2. The molecular formula is C22H27N3O2. The van der Waals surface area contributed by atoms with Gasteiger partial charge in [-0.15, -0.1) is 0 Å². The maximum Gasteiger partial charge on any atom is 0.315 e. The molecule has 1 fully saturated rings. The molecule has 2 aromatic rings. The summed E-state index contributed by atoms with van der Waals surface area (Å²) in [4.78, 5) is 26.3. The van der Waals surface area contributed by atoms with E-state index in [9.17, 15) is 9.59 Å². The maximum atomic E-state index is 12.3. The Morgan fingerprint density at radius 1 is 1.15 bits per heavy atom. The van der Waals surface area contributed by atoms with Gasteiger partial charge < -0.3 is 15.5 Å². The van der Waals surface area contributed by atoms with Crippen molar-refractivity contribution in [3.05, 3.63) is 65.7 Å². The Morgan fingerprint density at radius 2 is 1.85 bits per heavy atom. The van der Waals surface area contributed by atoms with Crippen molar-refractivity contribution in [3.8, 4) is 0 Å². The van der Waals surface area contributed by atoms with Crippen molar-refractivity contribution >= 4 is 17.6 Å². The van der Waals surface area contributed by atoms with Gasteiger partial charge in [-0.05, 0) is 44.4 Å². The molecular weight excluding hydrogens is 338 g/mol. The Morgan fingerprint density at radius 3 is 2.56 bits per heavy atom. The number of carbonyl (C=O) groups excluding carboxylic acids is 2. The SMILES string of the molecule is Cc1ccc(N2C[C@H](NC(=O)N[C@@H](C)CCc3ccccc3)CC2=O)cc1. The van der Waals surface area contributed by atoms with Gasteiger partial charge in [0.05, 0.1) is 6.04 Å². The standard InChI is InChI=1S/C22H27N3O2/c1-16-8-12-20(13-9-16)25-15-19(14-21(25)26)24-22(27)23-17(2)10-11-18-6-4-3-5-7-18/h3-9,12-13,17,19H,10-11,14-15H2,1-2H3,(H2,23,24,27)/t17-,19+/m0/s1. The van der Waals surface area contributed by atoms with Crippen molar-refractivity contribution in [2.75, 3.05) is 11.4 Å². The van der Waals surface area contributed by atoms with Crippen LogP contribution in [0.3, 0.4) is 0 Å². The van der Waals surface area contributed by atoms with Crippen LogP contribution in [0.15, 0.2) is 54.6 Å². The van der Waals surface area contributed by atoms with Gasteiger partial charge in [0, 0.05) is 24.7 Å². The molecule has 2 N–H and O–H groups in total. The third-order valence-corrected chi connectivity index (χ3v) is 4.89. The van der Waals surface area contributed by atoms with E-state index in [0.29, 0.717) is 13.0 Å². The molecule has 0 radical (unpaired) electrons. The van der Waals surface area contributed by atoms with E-state index in [4.69, 9.17) is 0 Å². The summed E-state index contributed by atoms with van der Waals surface area (Å²) >= 11 is 0. The first-order chi connectivity index (χ1) is 13.0. The Labute approximate surface area is 160 Å². The van der Waals surface area contributed by atoms with Crippen molar-refractivity contribution in [2.24, 2.45) is 0 Å². The average Bonchev–Trinajstić information content (AvgIpc) is 3.01. The zero-order chi connectivity index (χ0) is 19.2. The van der Waals surface area contributed by atoms with E-state index in [1.807, 2.05) is 56.3 Å². The van der Waals surface area contributed by atoms with Crippen molar-refractivity contribution in [1.29, 1.82) is 0 Å². The maximum absolute atomic E-state index is 12.3. The van der Waals surface area contributed by atoms with Crippen LogP contribution in [-0.2, 0) is 11.2 Å². The summed E-state index contributed by atoms with van der Waals surface area (Å²) in [5.74, 6) is 0.0429. The van der Waals surface area contributed by atoms with Gasteiger partial charge in [0.1, 0.15) is 0 Å². The predicted molar refractivity (Wildman–Crippen MR) is 108 cm³/mol. The van der Waals surface area contributed by atoms with Crippen LogP contribution < -0.4 is 15.5 Å².